The number of aliphatic hydroxyl groups is 1. The third-order valence-corrected chi connectivity index (χ3v) is 4.67. The molecule has 1 aromatic rings. The van der Waals surface area contributed by atoms with Gasteiger partial charge in [0.1, 0.15) is 0 Å². The molecule has 3 unspecified atom stereocenters. The number of amides is 1. The minimum absolute atomic E-state index is 0. The lowest BCUT2D eigenvalue weighted by atomic mass is 10.1. The minimum atomic E-state index is -0.364. The molecule has 0 spiro atoms. The lowest BCUT2D eigenvalue weighted by molar-refractivity contribution is -0.122. The fraction of sp³-hybridized carbons (Fsp3) is 0.583. The second-order valence-electron chi connectivity index (χ2n) is 4.59. The summed E-state index contributed by atoms with van der Waals surface area (Å²) < 4.78 is 0.695. The fourth-order valence-corrected chi connectivity index (χ4v) is 3.11. The number of carbonyl (C=O) groups is 1. The van der Waals surface area contributed by atoms with Crippen LogP contribution < -0.4 is 10.6 Å². The quantitative estimate of drug-likeness (QED) is 0.788. The first-order valence-electron chi connectivity index (χ1n) is 5.99. The first-order chi connectivity index (χ1) is 8.58. The maximum absolute atomic E-state index is 12.0. The van der Waals surface area contributed by atoms with Crippen molar-refractivity contribution in [3.05, 3.63) is 21.3 Å². The zero-order chi connectivity index (χ0) is 13.1. The molecule has 1 aliphatic heterocycles. The molecule has 1 amide bonds. The summed E-state index contributed by atoms with van der Waals surface area (Å²) in [5.41, 5.74) is 0. The highest BCUT2D eigenvalue weighted by atomic mass is 35.5. The Morgan fingerprint density at radius 1 is 1.63 bits per heavy atom. The van der Waals surface area contributed by atoms with E-state index in [9.17, 15) is 9.90 Å². The molecule has 1 fully saturated rings. The van der Waals surface area contributed by atoms with Crippen LogP contribution >= 0.6 is 35.3 Å². The molecule has 0 aromatic carbocycles. The van der Waals surface area contributed by atoms with Crippen LogP contribution in [0.25, 0.3) is 0 Å². The molecular formula is C12H18Cl2N2O2S. The summed E-state index contributed by atoms with van der Waals surface area (Å²) in [6.07, 6.45) is -0.364. The van der Waals surface area contributed by atoms with E-state index in [1.165, 1.54) is 11.3 Å². The third kappa shape index (κ3) is 4.33. The van der Waals surface area contributed by atoms with Crippen molar-refractivity contribution in [2.24, 2.45) is 5.92 Å². The zero-order valence-corrected chi connectivity index (χ0v) is 12.9. The summed E-state index contributed by atoms with van der Waals surface area (Å²) >= 11 is 7.28. The first kappa shape index (κ1) is 16.7. The van der Waals surface area contributed by atoms with E-state index in [2.05, 4.69) is 10.6 Å². The molecule has 108 valence electrons. The molecule has 2 heterocycles. The smallest absolute Gasteiger partial charge is 0.228 e. The monoisotopic (exact) mass is 324 g/mol. The first-order valence-corrected chi connectivity index (χ1v) is 7.19. The third-order valence-electron chi connectivity index (χ3n) is 3.26. The highest BCUT2D eigenvalue weighted by Gasteiger charge is 2.26. The largest absolute Gasteiger partial charge is 0.391 e. The number of β-amino-alcohol motifs (C(OH)–C–C–N with tert-alkyl or cyclic N) is 1. The number of hydrogen-bond acceptors (Lipinski definition) is 4. The lowest BCUT2D eigenvalue weighted by Gasteiger charge is -2.16. The van der Waals surface area contributed by atoms with Crippen molar-refractivity contribution in [1.82, 2.24) is 10.6 Å². The Morgan fingerprint density at radius 2 is 2.37 bits per heavy atom. The van der Waals surface area contributed by atoms with Gasteiger partial charge in [0, 0.05) is 30.4 Å². The predicted molar refractivity (Wildman–Crippen MR) is 80.4 cm³/mol. The number of nitrogens with one attached hydrogen (secondary N) is 2. The van der Waals surface area contributed by atoms with Crippen molar-refractivity contribution in [3.8, 4) is 0 Å². The van der Waals surface area contributed by atoms with Crippen LogP contribution in [0.2, 0.25) is 4.34 Å². The average molecular weight is 325 g/mol. The second kappa shape index (κ2) is 7.45. The van der Waals surface area contributed by atoms with E-state index in [1.807, 2.05) is 13.0 Å². The molecule has 0 radical (unpaired) electrons. The highest BCUT2D eigenvalue weighted by molar-refractivity contribution is 7.16. The molecule has 4 nitrogen and oxygen atoms in total. The molecule has 7 heteroatoms. The van der Waals surface area contributed by atoms with Crippen LogP contribution in [0.1, 0.15) is 17.7 Å². The molecule has 1 aromatic heterocycles. The number of aliphatic hydroxyl groups excluding tert-OH is 1. The molecule has 19 heavy (non-hydrogen) atoms. The highest BCUT2D eigenvalue weighted by Crippen LogP contribution is 2.28. The zero-order valence-electron chi connectivity index (χ0n) is 10.6. The number of carbonyl (C=O) groups excluding carboxylic acids is 1. The Hall–Kier alpha value is -0.330. The van der Waals surface area contributed by atoms with Gasteiger partial charge in [0.25, 0.3) is 0 Å². The van der Waals surface area contributed by atoms with Gasteiger partial charge in [-0.05, 0) is 19.1 Å². The van der Waals surface area contributed by atoms with Gasteiger partial charge in [-0.2, -0.15) is 0 Å². The van der Waals surface area contributed by atoms with Crippen LogP contribution in [-0.4, -0.2) is 36.8 Å². The van der Waals surface area contributed by atoms with Crippen LogP contribution in [-0.2, 0) is 4.79 Å². The predicted octanol–water partition coefficient (Wildman–Crippen LogP) is 1.62. The van der Waals surface area contributed by atoms with Gasteiger partial charge in [-0.15, -0.1) is 23.7 Å². The molecule has 0 saturated carbocycles. The van der Waals surface area contributed by atoms with Crippen molar-refractivity contribution in [3.63, 3.8) is 0 Å². The number of hydrogen-bond donors (Lipinski definition) is 3. The molecule has 0 aliphatic carbocycles. The van der Waals surface area contributed by atoms with Gasteiger partial charge in [0.15, 0.2) is 0 Å². The molecule has 1 aliphatic rings. The van der Waals surface area contributed by atoms with Gasteiger partial charge in [0.05, 0.1) is 16.4 Å². The SMILES string of the molecule is CC(C(=O)NCC1CNCC1O)c1ccc(Cl)s1.Cl. The van der Waals surface area contributed by atoms with Crippen molar-refractivity contribution >= 4 is 41.3 Å². The van der Waals surface area contributed by atoms with Gasteiger partial charge in [-0.25, -0.2) is 0 Å². The van der Waals surface area contributed by atoms with E-state index < -0.39 is 0 Å². The number of thiophene rings is 1. The molecular weight excluding hydrogens is 307 g/mol. The van der Waals surface area contributed by atoms with E-state index in [1.54, 1.807) is 6.07 Å². The number of rotatable bonds is 4. The van der Waals surface area contributed by atoms with Crippen molar-refractivity contribution < 1.29 is 9.90 Å². The number of halogens is 2. The molecule has 3 N–H and O–H groups in total. The molecule has 1 saturated heterocycles. The second-order valence-corrected chi connectivity index (χ2v) is 6.34. The summed E-state index contributed by atoms with van der Waals surface area (Å²) in [5.74, 6) is -0.116. The summed E-state index contributed by atoms with van der Waals surface area (Å²) in [5, 5.41) is 15.6. The van der Waals surface area contributed by atoms with Gasteiger partial charge >= 0.3 is 0 Å². The van der Waals surface area contributed by atoms with Crippen molar-refractivity contribution in [2.75, 3.05) is 19.6 Å². The maximum Gasteiger partial charge on any atom is 0.228 e. The average Bonchev–Trinajstić information content (AvgIpc) is 2.94. The van der Waals surface area contributed by atoms with E-state index in [-0.39, 0.29) is 36.3 Å². The molecule has 2 rings (SSSR count). The van der Waals surface area contributed by atoms with Crippen molar-refractivity contribution in [2.45, 2.75) is 18.9 Å². The Morgan fingerprint density at radius 3 is 2.89 bits per heavy atom. The lowest BCUT2D eigenvalue weighted by Crippen LogP contribution is -2.36. The van der Waals surface area contributed by atoms with Gasteiger partial charge < -0.3 is 15.7 Å². The summed E-state index contributed by atoms with van der Waals surface area (Å²) in [4.78, 5) is 12.9. The van der Waals surface area contributed by atoms with E-state index >= 15 is 0 Å². The molecule has 0 bridgehead atoms. The molecule has 3 atom stereocenters. The van der Waals surface area contributed by atoms with Crippen LogP contribution in [0, 0.1) is 5.92 Å². The normalized spacial score (nSPS) is 23.7. The van der Waals surface area contributed by atoms with Crippen LogP contribution in [0.3, 0.4) is 0 Å². The van der Waals surface area contributed by atoms with Crippen LogP contribution in [0.4, 0.5) is 0 Å². The van der Waals surface area contributed by atoms with Gasteiger partial charge in [-0.1, -0.05) is 11.6 Å². The Balaban J connectivity index is 0.00000180. The summed E-state index contributed by atoms with van der Waals surface area (Å²) in [6, 6.07) is 3.68. The topological polar surface area (TPSA) is 61.4 Å². The Kier molecular flexibility index (Phi) is 6.56. The fourth-order valence-electron chi connectivity index (χ4n) is 2.00. The van der Waals surface area contributed by atoms with E-state index in [0.29, 0.717) is 17.4 Å². The summed E-state index contributed by atoms with van der Waals surface area (Å²) in [6.45, 7) is 3.73. The van der Waals surface area contributed by atoms with Crippen LogP contribution in [0.15, 0.2) is 12.1 Å². The Labute approximate surface area is 127 Å². The minimum Gasteiger partial charge on any atom is -0.391 e. The van der Waals surface area contributed by atoms with Crippen LogP contribution in [0.5, 0.6) is 0 Å². The maximum atomic E-state index is 12.0. The van der Waals surface area contributed by atoms with E-state index in [4.69, 9.17) is 11.6 Å². The van der Waals surface area contributed by atoms with E-state index in [0.717, 1.165) is 11.4 Å². The van der Waals surface area contributed by atoms with Gasteiger partial charge in [-0.3, -0.25) is 4.79 Å². The summed E-state index contributed by atoms with van der Waals surface area (Å²) in [7, 11) is 0. The van der Waals surface area contributed by atoms with Gasteiger partial charge in [0.2, 0.25) is 5.91 Å². The standard InChI is InChI=1S/C12H17ClN2O2S.ClH/c1-7(10-2-3-11(13)18-10)12(17)15-5-8-4-14-6-9(8)16;/h2-3,7-9,14,16H,4-6H2,1H3,(H,15,17);1H. The van der Waals surface area contributed by atoms with Crippen molar-refractivity contribution in [1.29, 1.82) is 0 Å². The Bertz CT molecular complexity index is 428.